The Labute approximate surface area is 229 Å². The van der Waals surface area contributed by atoms with Gasteiger partial charge in [0, 0.05) is 33.5 Å². The quantitative estimate of drug-likeness (QED) is 0.217. The minimum atomic E-state index is 1.13. The zero-order chi connectivity index (χ0) is 26.2. The molecule has 7 rings (SSSR count). The highest BCUT2D eigenvalue weighted by atomic mass is 15.1. The highest BCUT2D eigenvalue weighted by Gasteiger charge is 2.17. The summed E-state index contributed by atoms with van der Waals surface area (Å²) >= 11 is 0. The molecule has 39 heavy (non-hydrogen) atoms. The van der Waals surface area contributed by atoms with Crippen LogP contribution in [0.2, 0.25) is 0 Å². The molecule has 0 bridgehead atoms. The molecule has 0 amide bonds. The Hall–Kier alpha value is -5.02. The first-order valence-electron chi connectivity index (χ1n) is 13.4. The molecule has 1 heterocycles. The number of anilines is 3. The van der Waals surface area contributed by atoms with Gasteiger partial charge in [-0.15, -0.1) is 0 Å². The van der Waals surface area contributed by atoms with Crippen LogP contribution in [0, 0.1) is 0 Å². The van der Waals surface area contributed by atoms with Gasteiger partial charge in [0.2, 0.25) is 0 Å². The van der Waals surface area contributed by atoms with E-state index in [4.69, 9.17) is 0 Å². The number of hydrogen-bond donors (Lipinski definition) is 0. The van der Waals surface area contributed by atoms with Gasteiger partial charge in [0.1, 0.15) is 7.85 Å². The van der Waals surface area contributed by atoms with Crippen LogP contribution in [-0.4, -0.2) is 12.4 Å². The molecular formula is C36H27BN2. The predicted molar refractivity (Wildman–Crippen MR) is 169 cm³/mol. The molecule has 0 saturated heterocycles. The lowest BCUT2D eigenvalue weighted by atomic mass is 9.96. The summed E-state index contributed by atoms with van der Waals surface area (Å²) in [5.41, 5.74) is 10.7. The summed E-state index contributed by atoms with van der Waals surface area (Å²) in [7, 11) is 2.13. The number of fused-ring (bicyclic) bond motifs is 3. The molecule has 0 aliphatic carbocycles. The van der Waals surface area contributed by atoms with Crippen LogP contribution in [0.3, 0.4) is 0 Å². The summed E-state index contributed by atoms with van der Waals surface area (Å²) < 4.78 is 2.36. The molecule has 184 valence electrons. The zero-order valence-electron chi connectivity index (χ0n) is 21.8. The average Bonchev–Trinajstić information content (AvgIpc) is 3.33. The molecule has 0 N–H and O–H groups in total. The van der Waals surface area contributed by atoms with Crippen LogP contribution >= 0.6 is 0 Å². The van der Waals surface area contributed by atoms with E-state index in [2.05, 4.69) is 169 Å². The Bertz CT molecular complexity index is 1890. The molecule has 0 atom stereocenters. The van der Waals surface area contributed by atoms with Crippen molar-refractivity contribution in [3.05, 3.63) is 152 Å². The second kappa shape index (κ2) is 9.70. The monoisotopic (exact) mass is 498 g/mol. The van der Waals surface area contributed by atoms with E-state index in [1.807, 2.05) is 0 Å². The van der Waals surface area contributed by atoms with Crippen LogP contribution in [-0.2, 0) is 0 Å². The van der Waals surface area contributed by atoms with Crippen molar-refractivity contribution in [1.29, 1.82) is 0 Å². The molecule has 0 aliphatic heterocycles. The second-order valence-electron chi connectivity index (χ2n) is 9.97. The number of benzene rings is 6. The lowest BCUT2D eigenvalue weighted by Crippen LogP contribution is -2.11. The van der Waals surface area contributed by atoms with E-state index in [1.165, 1.54) is 44.1 Å². The van der Waals surface area contributed by atoms with Crippen LogP contribution in [0.1, 0.15) is 0 Å². The smallest absolute Gasteiger partial charge is 0.139 e. The van der Waals surface area contributed by atoms with Crippen molar-refractivity contribution >= 4 is 52.2 Å². The lowest BCUT2D eigenvalue weighted by Gasteiger charge is -2.26. The Morgan fingerprint density at radius 2 is 0.974 bits per heavy atom. The molecule has 0 saturated carbocycles. The van der Waals surface area contributed by atoms with Crippen LogP contribution < -0.4 is 10.4 Å². The fourth-order valence-electron chi connectivity index (χ4n) is 5.53. The van der Waals surface area contributed by atoms with Gasteiger partial charge in [-0.05, 0) is 71.8 Å². The van der Waals surface area contributed by atoms with Crippen molar-refractivity contribution < 1.29 is 0 Å². The van der Waals surface area contributed by atoms with Gasteiger partial charge in [0.05, 0.1) is 11.0 Å². The minimum absolute atomic E-state index is 1.13. The summed E-state index contributed by atoms with van der Waals surface area (Å²) in [5.74, 6) is 0. The highest BCUT2D eigenvalue weighted by molar-refractivity contribution is 6.32. The SMILES string of the molecule is Bc1ccc(N(c2ccc(-c3ccccc3)cc2)c2ccc3c(c2)c2ccccc2n3-c2ccccc2)cc1. The topological polar surface area (TPSA) is 8.17 Å². The molecule has 0 fully saturated rings. The number of rotatable bonds is 5. The Morgan fingerprint density at radius 1 is 0.436 bits per heavy atom. The predicted octanol–water partition coefficient (Wildman–Crippen LogP) is 8.18. The molecule has 2 nitrogen and oxygen atoms in total. The van der Waals surface area contributed by atoms with Gasteiger partial charge in [-0.1, -0.05) is 96.5 Å². The molecule has 3 heteroatoms. The number of nitrogens with zero attached hydrogens (tertiary/aromatic N) is 2. The largest absolute Gasteiger partial charge is 0.310 e. The van der Waals surface area contributed by atoms with E-state index in [9.17, 15) is 0 Å². The third kappa shape index (κ3) is 4.19. The van der Waals surface area contributed by atoms with Crippen LogP contribution in [0.15, 0.2) is 152 Å². The number of para-hydroxylation sites is 2. The van der Waals surface area contributed by atoms with Crippen molar-refractivity contribution in [2.75, 3.05) is 4.90 Å². The molecule has 1 aromatic heterocycles. The van der Waals surface area contributed by atoms with Gasteiger partial charge in [-0.25, -0.2) is 0 Å². The molecule has 0 aliphatic rings. The first-order valence-corrected chi connectivity index (χ1v) is 13.4. The standard InChI is InChI=1S/C36H27BN2/c37-28-17-21-31(22-18-28)38(30-19-15-27(16-20-30)26-9-3-1-4-10-26)32-23-24-36-34(25-32)33-13-7-8-14-35(33)39(36)29-11-5-2-6-12-29/h1-25H,37H2. The number of aromatic nitrogens is 1. The summed E-state index contributed by atoms with van der Waals surface area (Å²) in [6, 6.07) is 54.3. The van der Waals surface area contributed by atoms with E-state index < -0.39 is 0 Å². The maximum absolute atomic E-state index is 2.36. The molecular weight excluding hydrogens is 471 g/mol. The summed E-state index contributed by atoms with van der Waals surface area (Å²) in [4.78, 5) is 2.35. The van der Waals surface area contributed by atoms with E-state index in [0.29, 0.717) is 0 Å². The van der Waals surface area contributed by atoms with Crippen molar-refractivity contribution in [2.24, 2.45) is 0 Å². The maximum Gasteiger partial charge on any atom is 0.139 e. The highest BCUT2D eigenvalue weighted by Crippen LogP contribution is 2.39. The Balaban J connectivity index is 1.41. The second-order valence-corrected chi connectivity index (χ2v) is 9.97. The van der Waals surface area contributed by atoms with Crippen LogP contribution in [0.5, 0.6) is 0 Å². The van der Waals surface area contributed by atoms with Gasteiger partial charge in [0.25, 0.3) is 0 Å². The van der Waals surface area contributed by atoms with Crippen molar-refractivity contribution in [1.82, 2.24) is 4.57 Å². The number of hydrogen-bond acceptors (Lipinski definition) is 1. The fraction of sp³-hybridized carbons (Fsp3) is 0. The molecule has 0 unspecified atom stereocenters. The van der Waals surface area contributed by atoms with Gasteiger partial charge in [-0.2, -0.15) is 0 Å². The Morgan fingerprint density at radius 3 is 1.69 bits per heavy atom. The fourth-order valence-corrected chi connectivity index (χ4v) is 5.53. The minimum Gasteiger partial charge on any atom is -0.310 e. The van der Waals surface area contributed by atoms with E-state index in [-0.39, 0.29) is 0 Å². The lowest BCUT2D eigenvalue weighted by molar-refractivity contribution is 1.18. The van der Waals surface area contributed by atoms with Gasteiger partial charge >= 0.3 is 0 Å². The van der Waals surface area contributed by atoms with E-state index in [0.717, 1.165) is 17.1 Å². The first-order chi connectivity index (χ1) is 19.3. The van der Waals surface area contributed by atoms with E-state index >= 15 is 0 Å². The molecule has 0 spiro atoms. The Kier molecular flexibility index (Phi) is 5.75. The van der Waals surface area contributed by atoms with Crippen molar-refractivity contribution in [3.63, 3.8) is 0 Å². The zero-order valence-corrected chi connectivity index (χ0v) is 21.8. The summed E-state index contributed by atoms with van der Waals surface area (Å²) in [5, 5.41) is 2.49. The first kappa shape index (κ1) is 23.1. The molecule has 0 radical (unpaired) electrons. The van der Waals surface area contributed by atoms with Crippen LogP contribution in [0.25, 0.3) is 38.6 Å². The molecule has 6 aromatic carbocycles. The van der Waals surface area contributed by atoms with E-state index in [1.54, 1.807) is 0 Å². The third-order valence-electron chi connectivity index (χ3n) is 7.45. The molecule has 7 aromatic rings. The van der Waals surface area contributed by atoms with Gasteiger partial charge in [0.15, 0.2) is 0 Å². The average molecular weight is 498 g/mol. The van der Waals surface area contributed by atoms with Crippen molar-refractivity contribution in [2.45, 2.75) is 0 Å². The van der Waals surface area contributed by atoms with Gasteiger partial charge < -0.3 is 9.47 Å². The normalized spacial score (nSPS) is 11.2. The summed E-state index contributed by atoms with van der Waals surface area (Å²) in [6.07, 6.45) is 0. The van der Waals surface area contributed by atoms with Crippen LogP contribution in [0.4, 0.5) is 17.1 Å². The van der Waals surface area contributed by atoms with Gasteiger partial charge in [-0.3, -0.25) is 0 Å². The maximum atomic E-state index is 2.36. The third-order valence-corrected chi connectivity index (χ3v) is 7.45. The summed E-state index contributed by atoms with van der Waals surface area (Å²) in [6.45, 7) is 0. The van der Waals surface area contributed by atoms with Crippen molar-refractivity contribution in [3.8, 4) is 16.8 Å².